The van der Waals surface area contributed by atoms with Crippen LogP contribution >= 0.6 is 12.2 Å². The lowest BCUT2D eigenvalue weighted by Crippen LogP contribution is -2.57. The number of nitrogens with zero attached hydrogens (tertiary/aromatic N) is 8. The van der Waals surface area contributed by atoms with Gasteiger partial charge in [-0.1, -0.05) is 6.07 Å². The van der Waals surface area contributed by atoms with Gasteiger partial charge in [-0.2, -0.15) is 23.5 Å². The van der Waals surface area contributed by atoms with Crippen molar-refractivity contribution in [3.8, 4) is 6.07 Å². The van der Waals surface area contributed by atoms with Crippen molar-refractivity contribution in [2.45, 2.75) is 102 Å². The van der Waals surface area contributed by atoms with E-state index in [0.717, 1.165) is 49.5 Å². The van der Waals surface area contributed by atoms with Crippen LogP contribution in [0, 0.1) is 11.3 Å². The average molecular weight is 865 g/mol. The second-order valence-electron chi connectivity index (χ2n) is 16.9. The number of amides is 5. The smallest absolute Gasteiger partial charge is 0.377 e. The third kappa shape index (κ3) is 8.81. The molecule has 1 aliphatic carbocycles. The van der Waals surface area contributed by atoms with Crippen LogP contribution < -0.4 is 20.4 Å². The van der Waals surface area contributed by atoms with Gasteiger partial charge in [-0.05, 0) is 95.9 Å². The third-order valence-corrected chi connectivity index (χ3v) is 12.8. The van der Waals surface area contributed by atoms with E-state index in [1.807, 2.05) is 17.0 Å². The van der Waals surface area contributed by atoms with Gasteiger partial charge in [0.1, 0.15) is 5.54 Å². The van der Waals surface area contributed by atoms with Gasteiger partial charge in [-0.3, -0.25) is 44.0 Å². The minimum atomic E-state index is -4.77. The van der Waals surface area contributed by atoms with Gasteiger partial charge in [0.25, 0.3) is 5.91 Å². The maximum atomic E-state index is 13.8. The highest BCUT2D eigenvalue weighted by Crippen LogP contribution is 2.41. The molecule has 2 atom stereocenters. The molecule has 3 aliphatic heterocycles. The maximum Gasteiger partial charge on any atom is 0.417 e. The van der Waals surface area contributed by atoms with E-state index in [1.165, 1.54) is 11.0 Å². The molecule has 0 radical (unpaired) electrons. The highest BCUT2D eigenvalue weighted by Gasteiger charge is 2.52. The van der Waals surface area contributed by atoms with Gasteiger partial charge in [0.2, 0.25) is 11.8 Å². The number of thiocarbonyl (C=S) groups is 1. The van der Waals surface area contributed by atoms with Gasteiger partial charge in [0.05, 0.1) is 46.8 Å². The molecule has 61 heavy (non-hydrogen) atoms. The van der Waals surface area contributed by atoms with E-state index in [1.54, 1.807) is 37.7 Å². The molecule has 0 bridgehead atoms. The molecule has 2 N–H and O–H groups in total. The van der Waals surface area contributed by atoms with Gasteiger partial charge in [0.15, 0.2) is 10.9 Å². The zero-order valence-corrected chi connectivity index (χ0v) is 35.7. The summed E-state index contributed by atoms with van der Waals surface area (Å²) in [5.41, 5.74) is -1.44. The predicted octanol–water partition coefficient (Wildman–Crippen LogP) is 5.37. The molecule has 4 aliphatic rings. The largest absolute Gasteiger partial charge is 0.417 e. The summed E-state index contributed by atoms with van der Waals surface area (Å²) in [5, 5.41) is 20.0. The van der Waals surface area contributed by atoms with E-state index in [4.69, 9.17) is 17.0 Å². The van der Waals surface area contributed by atoms with Gasteiger partial charge in [-0.15, -0.1) is 0 Å². The van der Waals surface area contributed by atoms with E-state index in [-0.39, 0.29) is 66.2 Å². The highest BCUT2D eigenvalue weighted by atomic mass is 32.1. The minimum absolute atomic E-state index is 0.0120. The Labute approximate surface area is 357 Å². The Morgan fingerprint density at radius 3 is 2.43 bits per heavy atom. The number of hydrogen-bond donors (Lipinski definition) is 2. The number of rotatable bonds is 11. The first kappa shape index (κ1) is 43.9. The summed E-state index contributed by atoms with van der Waals surface area (Å²) in [6.07, 6.45) is -1.36. The molecule has 1 saturated carbocycles. The van der Waals surface area contributed by atoms with Crippen molar-refractivity contribution in [3.05, 3.63) is 47.5 Å². The predicted molar refractivity (Wildman–Crippen MR) is 226 cm³/mol. The van der Waals surface area contributed by atoms with Crippen LogP contribution in [0.4, 0.5) is 35.2 Å². The number of piperazine rings is 1. The van der Waals surface area contributed by atoms with Crippen LogP contribution in [0.5, 0.6) is 0 Å². The molecule has 0 spiro atoms. The number of nitriles is 1. The lowest BCUT2D eigenvalue weighted by molar-refractivity contribution is -0.137. The zero-order valence-electron chi connectivity index (χ0n) is 34.9. The van der Waals surface area contributed by atoms with Crippen molar-refractivity contribution in [2.75, 3.05) is 54.4 Å². The molecule has 1 aromatic heterocycles. The number of carbonyl (C=O) groups is 4. The Balaban J connectivity index is 0.863. The monoisotopic (exact) mass is 864 g/mol. The molecule has 4 heterocycles. The van der Waals surface area contributed by atoms with Crippen molar-refractivity contribution >= 4 is 69.2 Å². The first-order chi connectivity index (χ1) is 28.9. The maximum absolute atomic E-state index is 13.8. The van der Waals surface area contributed by atoms with Crippen molar-refractivity contribution < 1.29 is 37.1 Å². The molecule has 0 unspecified atom stereocenters. The van der Waals surface area contributed by atoms with Gasteiger partial charge in [0, 0.05) is 76.1 Å². The second kappa shape index (κ2) is 17.3. The first-order valence-electron chi connectivity index (χ1n) is 20.6. The molecular weight excluding hydrogens is 814 g/mol. The molecule has 7 rings (SSSR count). The molecular formula is C42H51F3N10O5S. The standard InChI is InChI=1S/C42H51F3N10O5S/c1-25-23-51(24-26(2)52(25)17-15-34(56)47-33-8-6-7-31-36(33)50(5)49-37(31)53-18-16-35(57)48-39(53)59)19-20-60-30-13-11-28(12-14-30)55-40(61)54(38(58)41(55,3)4)29-10-9-27(22-46)32(21-29)42(43,44)45/h6-10,21,25-26,28,30H,11-20,23-24H2,1-5H3,(H,47,56)(H,48,57,59)/t25-,26+,28-,30-. The minimum Gasteiger partial charge on any atom is -0.377 e. The van der Waals surface area contributed by atoms with Crippen molar-refractivity contribution in [2.24, 2.45) is 7.05 Å². The van der Waals surface area contributed by atoms with E-state index >= 15 is 0 Å². The lowest BCUT2D eigenvalue weighted by Gasteiger charge is -2.44. The summed E-state index contributed by atoms with van der Waals surface area (Å²) in [4.78, 5) is 60.3. The number of fused-ring (bicyclic) bond motifs is 1. The fourth-order valence-corrected chi connectivity index (χ4v) is 9.96. The number of halogens is 3. The second-order valence-corrected chi connectivity index (χ2v) is 17.3. The number of nitrogens with one attached hydrogen (secondary N) is 2. The van der Waals surface area contributed by atoms with Crippen LogP contribution in [0.2, 0.25) is 0 Å². The number of benzene rings is 2. The Morgan fingerprint density at radius 1 is 1.07 bits per heavy atom. The number of alkyl halides is 3. The molecule has 2 aromatic carbocycles. The normalized spacial score (nSPS) is 24.1. The van der Waals surface area contributed by atoms with Crippen LogP contribution in [0.25, 0.3) is 10.9 Å². The van der Waals surface area contributed by atoms with Crippen LogP contribution in [0.3, 0.4) is 0 Å². The molecule has 19 heteroatoms. The quantitative estimate of drug-likeness (QED) is 0.239. The SMILES string of the molecule is C[C@@H]1CN(CCO[C@H]2CC[C@H](N3C(=S)N(c4ccc(C#N)c(C(F)(F)F)c4)C(=O)C3(C)C)CC2)C[C@H](C)N1CCC(=O)Nc1cccc2c(N3CCC(=O)NC3=O)nn(C)c12. The fraction of sp³-hybridized carbons (Fsp3) is 0.548. The molecule has 3 aromatic rings. The van der Waals surface area contributed by atoms with Crippen LogP contribution in [-0.4, -0.2) is 122 Å². The topological polar surface area (TPSA) is 159 Å². The number of ether oxygens (including phenoxy) is 1. The Morgan fingerprint density at radius 2 is 1.77 bits per heavy atom. The van der Waals surface area contributed by atoms with Crippen LogP contribution in [-0.2, 0) is 32.3 Å². The zero-order chi connectivity index (χ0) is 44.0. The number of para-hydroxylation sites is 1. The number of carbonyl (C=O) groups excluding carboxylic acids is 4. The summed E-state index contributed by atoms with van der Waals surface area (Å²) >= 11 is 5.75. The number of aromatic nitrogens is 2. The number of anilines is 3. The van der Waals surface area contributed by atoms with Crippen LogP contribution in [0.15, 0.2) is 36.4 Å². The van der Waals surface area contributed by atoms with Crippen molar-refractivity contribution in [3.63, 3.8) is 0 Å². The first-order valence-corrected chi connectivity index (χ1v) is 21.1. The average Bonchev–Trinajstić information content (AvgIpc) is 3.62. The van der Waals surface area contributed by atoms with Crippen molar-refractivity contribution in [1.82, 2.24) is 29.8 Å². The highest BCUT2D eigenvalue weighted by molar-refractivity contribution is 7.80. The number of hydrogen-bond acceptors (Lipinski definition) is 10. The Bertz CT molecular complexity index is 2260. The molecule has 15 nitrogen and oxygen atoms in total. The number of urea groups is 1. The summed E-state index contributed by atoms with van der Waals surface area (Å²) in [5.74, 6) is -0.448. The van der Waals surface area contributed by atoms with Gasteiger partial charge >= 0.3 is 12.2 Å². The van der Waals surface area contributed by atoms with E-state index < -0.39 is 34.8 Å². The van der Waals surface area contributed by atoms with E-state index in [2.05, 4.69) is 39.4 Å². The summed E-state index contributed by atoms with van der Waals surface area (Å²) in [6.45, 7) is 11.6. The summed E-state index contributed by atoms with van der Waals surface area (Å²) in [7, 11) is 1.75. The lowest BCUT2D eigenvalue weighted by atomic mass is 9.89. The summed E-state index contributed by atoms with van der Waals surface area (Å²) in [6, 6.07) is 10.1. The Kier molecular flexibility index (Phi) is 12.5. The summed E-state index contributed by atoms with van der Waals surface area (Å²) < 4.78 is 49.3. The van der Waals surface area contributed by atoms with Gasteiger partial charge in [-0.25, -0.2) is 4.79 Å². The molecule has 3 saturated heterocycles. The fourth-order valence-electron chi connectivity index (χ4n) is 9.39. The number of aryl methyl sites for hydroxylation is 1. The third-order valence-electron chi connectivity index (χ3n) is 12.4. The van der Waals surface area contributed by atoms with Gasteiger partial charge < -0.3 is 15.0 Å². The van der Waals surface area contributed by atoms with Crippen LogP contribution in [0.1, 0.15) is 77.3 Å². The molecule has 326 valence electrons. The number of imide groups is 1. The molecule has 5 amide bonds. The van der Waals surface area contributed by atoms with E-state index in [0.29, 0.717) is 48.4 Å². The Hall–Kier alpha value is -5.16. The van der Waals surface area contributed by atoms with E-state index in [9.17, 15) is 37.6 Å². The van der Waals surface area contributed by atoms with Crippen molar-refractivity contribution in [1.29, 1.82) is 5.26 Å². The molecule has 4 fully saturated rings.